The zero-order chi connectivity index (χ0) is 30.0. The van der Waals surface area contributed by atoms with Crippen LogP contribution < -0.4 is 5.73 Å². The average molecular weight is 581 g/mol. The molecule has 0 spiro atoms. The van der Waals surface area contributed by atoms with Crippen LogP contribution >= 0.6 is 11.6 Å². The zero-order valence-electron chi connectivity index (χ0n) is 23.1. The number of aromatic hydroxyl groups is 1. The van der Waals surface area contributed by atoms with Gasteiger partial charge in [-0.25, -0.2) is 0 Å². The maximum absolute atomic E-state index is 13.6. The fourth-order valence-corrected chi connectivity index (χ4v) is 7.13. The number of rotatable bonds is 6. The van der Waals surface area contributed by atoms with Gasteiger partial charge in [-0.15, -0.1) is 0 Å². The van der Waals surface area contributed by atoms with E-state index in [-0.39, 0.29) is 41.6 Å². The van der Waals surface area contributed by atoms with Crippen molar-refractivity contribution in [2.75, 3.05) is 13.6 Å². The number of aliphatic hydroxyl groups excluding tert-OH is 2. The molecule has 2 aromatic carbocycles. The van der Waals surface area contributed by atoms with Gasteiger partial charge in [0.1, 0.15) is 22.8 Å². The van der Waals surface area contributed by atoms with Crippen LogP contribution in [0.25, 0.3) is 5.76 Å². The molecule has 10 heteroatoms. The van der Waals surface area contributed by atoms with Crippen molar-refractivity contribution in [3.8, 4) is 5.75 Å². The molecule has 5 rings (SSSR count). The van der Waals surface area contributed by atoms with E-state index in [1.807, 2.05) is 25.2 Å². The minimum Gasteiger partial charge on any atom is -0.508 e. The Hall–Kier alpha value is -3.66. The van der Waals surface area contributed by atoms with Gasteiger partial charge in [-0.2, -0.15) is 0 Å². The number of hydrogen-bond donors (Lipinski definition) is 5. The Bertz CT molecular complexity index is 1550. The maximum atomic E-state index is 13.6. The van der Waals surface area contributed by atoms with Gasteiger partial charge in [0.05, 0.1) is 5.56 Å². The molecule has 1 amide bonds. The first-order valence-electron chi connectivity index (χ1n) is 13.4. The van der Waals surface area contributed by atoms with Crippen LogP contribution in [0, 0.1) is 11.8 Å². The largest absolute Gasteiger partial charge is 0.508 e. The minimum atomic E-state index is -2.59. The van der Waals surface area contributed by atoms with E-state index in [0.29, 0.717) is 29.2 Å². The fraction of sp³-hybridized carbons (Fsp3) is 0.387. The van der Waals surface area contributed by atoms with E-state index in [1.165, 1.54) is 11.6 Å². The number of phenolic OH excluding ortho intramolecular Hbond substituents is 1. The number of Topliss-reactive ketones (excluding diaryl/α,β-unsaturated/α-hetero) is 2. The van der Waals surface area contributed by atoms with E-state index in [4.69, 9.17) is 17.3 Å². The number of carbonyl (C=O) groups is 3. The predicted molar refractivity (Wildman–Crippen MR) is 152 cm³/mol. The third-order valence-electron chi connectivity index (χ3n) is 8.73. The standard InChI is InChI=1S/C31H33ClN2O7/c1-30(2,17-7-5-4-6-8-17)14-34(3)13-16-11-20(35)23-19(25(16)32)10-15-9-18-12-21(36)24(29(33)40)28(39)31(18,41)27(38)22(15)26(23)37/h4-8,11,15,18,35,37,39,41H,9-10,12-14H2,1-3H3,(H2,33,40)/t15?,18-,31-/m0/s1. The van der Waals surface area contributed by atoms with Crippen LogP contribution in [0.1, 0.15) is 48.9 Å². The topological polar surface area (TPSA) is 161 Å². The fourth-order valence-electron chi connectivity index (χ4n) is 6.84. The summed E-state index contributed by atoms with van der Waals surface area (Å²) in [5.74, 6) is -6.65. The number of halogens is 1. The van der Waals surface area contributed by atoms with Crippen LogP contribution in [0.4, 0.5) is 0 Å². The number of ketones is 2. The van der Waals surface area contributed by atoms with E-state index in [9.17, 15) is 34.8 Å². The number of aliphatic hydroxyl groups is 3. The Morgan fingerprint density at radius 2 is 1.80 bits per heavy atom. The lowest BCUT2D eigenvalue weighted by molar-refractivity contribution is -0.147. The summed E-state index contributed by atoms with van der Waals surface area (Å²) in [6.07, 6.45) is -0.160. The molecule has 0 aromatic heterocycles. The second-order valence-electron chi connectivity index (χ2n) is 12.1. The number of amides is 1. The van der Waals surface area contributed by atoms with Gasteiger partial charge in [0.25, 0.3) is 5.91 Å². The molecule has 6 N–H and O–H groups in total. The Morgan fingerprint density at radius 1 is 1.15 bits per heavy atom. The molecule has 3 aliphatic rings. The smallest absolute Gasteiger partial charge is 0.255 e. The Balaban J connectivity index is 1.50. The van der Waals surface area contributed by atoms with Gasteiger partial charge >= 0.3 is 0 Å². The summed E-state index contributed by atoms with van der Waals surface area (Å²) >= 11 is 6.87. The number of nitrogens with two attached hydrogens (primary N) is 1. The molecule has 0 aliphatic heterocycles. The zero-order valence-corrected chi connectivity index (χ0v) is 23.8. The Kier molecular flexibility index (Phi) is 7.04. The Morgan fingerprint density at radius 3 is 2.44 bits per heavy atom. The van der Waals surface area contributed by atoms with Crippen LogP contribution in [0.15, 0.2) is 53.3 Å². The van der Waals surface area contributed by atoms with Crippen LogP contribution in [-0.4, -0.2) is 62.0 Å². The number of nitrogens with zero attached hydrogens (tertiary/aromatic N) is 1. The lowest BCUT2D eigenvalue weighted by Crippen LogP contribution is -2.58. The number of benzene rings is 2. The SMILES string of the molecule is CN(Cc1cc(O)c2c(c1Cl)CC1C[C@H]3CC(=O)C(C(N)=O)=C(O)[C@@]3(O)C(=O)C1=C2O)CC(C)(C)c1ccccc1. The van der Waals surface area contributed by atoms with Crippen molar-refractivity contribution in [2.24, 2.45) is 17.6 Å². The summed E-state index contributed by atoms with van der Waals surface area (Å²) in [5.41, 5.74) is 3.73. The molecule has 216 valence electrons. The van der Waals surface area contributed by atoms with E-state index in [0.717, 1.165) is 0 Å². The van der Waals surface area contributed by atoms with E-state index < -0.39 is 52.0 Å². The molecule has 0 bridgehead atoms. The molecule has 1 unspecified atom stereocenters. The summed E-state index contributed by atoms with van der Waals surface area (Å²) in [7, 11) is 1.95. The van der Waals surface area contributed by atoms with Crippen molar-refractivity contribution in [3.63, 3.8) is 0 Å². The molecule has 1 fully saturated rings. The van der Waals surface area contributed by atoms with Gasteiger partial charge in [0.2, 0.25) is 5.78 Å². The van der Waals surface area contributed by atoms with Gasteiger partial charge in [0, 0.05) is 41.4 Å². The highest BCUT2D eigenvalue weighted by atomic mass is 35.5. The monoisotopic (exact) mass is 580 g/mol. The van der Waals surface area contributed by atoms with Gasteiger partial charge < -0.3 is 31.1 Å². The third kappa shape index (κ3) is 4.52. The number of primary amides is 1. The van der Waals surface area contributed by atoms with Crippen LogP contribution in [0.5, 0.6) is 5.75 Å². The molecule has 1 saturated carbocycles. The van der Waals surface area contributed by atoms with Gasteiger partial charge in [-0.05, 0) is 48.6 Å². The summed E-state index contributed by atoms with van der Waals surface area (Å²) in [6, 6.07) is 11.6. The second kappa shape index (κ2) is 10.0. The van der Waals surface area contributed by atoms with E-state index in [1.54, 1.807) is 0 Å². The molecule has 3 aliphatic carbocycles. The van der Waals surface area contributed by atoms with Crippen molar-refractivity contribution >= 4 is 34.8 Å². The highest BCUT2D eigenvalue weighted by Crippen LogP contribution is 2.53. The molecular weight excluding hydrogens is 548 g/mol. The lowest BCUT2D eigenvalue weighted by atomic mass is 9.59. The van der Waals surface area contributed by atoms with Crippen LogP contribution in [0.2, 0.25) is 5.02 Å². The molecule has 41 heavy (non-hydrogen) atoms. The third-order valence-corrected chi connectivity index (χ3v) is 9.20. The summed E-state index contributed by atoms with van der Waals surface area (Å²) in [6.45, 7) is 5.39. The number of phenols is 1. The molecule has 0 heterocycles. The summed E-state index contributed by atoms with van der Waals surface area (Å²) < 4.78 is 0. The van der Waals surface area contributed by atoms with Crippen LogP contribution in [-0.2, 0) is 32.8 Å². The van der Waals surface area contributed by atoms with Gasteiger partial charge in [-0.1, -0.05) is 55.8 Å². The normalized spacial score (nSPS) is 24.3. The van der Waals surface area contributed by atoms with Gasteiger partial charge in [0.15, 0.2) is 11.4 Å². The van der Waals surface area contributed by atoms with Crippen LogP contribution in [0.3, 0.4) is 0 Å². The summed E-state index contributed by atoms with van der Waals surface area (Å²) in [4.78, 5) is 40.1. The molecule has 3 atom stereocenters. The van der Waals surface area contributed by atoms with Gasteiger partial charge in [-0.3, -0.25) is 14.4 Å². The lowest BCUT2D eigenvalue weighted by Gasteiger charge is -2.46. The predicted octanol–water partition coefficient (Wildman–Crippen LogP) is 3.49. The molecule has 9 nitrogen and oxygen atoms in total. The highest BCUT2D eigenvalue weighted by Gasteiger charge is 2.60. The van der Waals surface area contributed by atoms with Crippen molar-refractivity contribution in [1.29, 1.82) is 0 Å². The second-order valence-corrected chi connectivity index (χ2v) is 12.4. The van der Waals surface area contributed by atoms with E-state index in [2.05, 4.69) is 30.9 Å². The molecule has 0 saturated heterocycles. The quantitative estimate of drug-likeness (QED) is 0.324. The summed E-state index contributed by atoms with van der Waals surface area (Å²) in [5, 5.41) is 44.7. The maximum Gasteiger partial charge on any atom is 0.255 e. The van der Waals surface area contributed by atoms with Crippen molar-refractivity contribution < 1.29 is 34.8 Å². The number of carbonyl (C=O) groups excluding carboxylic acids is 3. The first-order valence-corrected chi connectivity index (χ1v) is 13.8. The van der Waals surface area contributed by atoms with Crippen molar-refractivity contribution in [2.45, 2.75) is 50.7 Å². The van der Waals surface area contributed by atoms with Crippen molar-refractivity contribution in [1.82, 2.24) is 4.90 Å². The highest BCUT2D eigenvalue weighted by molar-refractivity contribution is 6.32. The number of likely N-dealkylation sites (N-methyl/N-ethyl adjacent to an activating group) is 1. The molecule has 2 aromatic rings. The first kappa shape index (κ1) is 28.9. The van der Waals surface area contributed by atoms with Crippen molar-refractivity contribution in [3.05, 3.63) is 80.6 Å². The first-order chi connectivity index (χ1) is 19.2. The average Bonchev–Trinajstić information content (AvgIpc) is 2.89. The number of hydrogen-bond acceptors (Lipinski definition) is 8. The number of fused-ring (bicyclic) bond motifs is 3. The minimum absolute atomic E-state index is 0.0156. The Labute approximate surface area is 242 Å². The molecular formula is C31H33ClN2O7. The molecule has 0 radical (unpaired) electrons. The van der Waals surface area contributed by atoms with E-state index >= 15 is 0 Å².